The summed E-state index contributed by atoms with van der Waals surface area (Å²) in [5.41, 5.74) is 6.12. The minimum absolute atomic E-state index is 0.0782. The van der Waals surface area contributed by atoms with Gasteiger partial charge in [0.15, 0.2) is 11.6 Å². The second-order valence-corrected chi connectivity index (χ2v) is 4.05. The molecule has 1 atom stereocenters. The maximum absolute atomic E-state index is 13.5. The van der Waals surface area contributed by atoms with Crippen molar-refractivity contribution in [2.45, 2.75) is 25.7 Å². The SMILES string of the molecule is CC(N)Cc1cccc(F)c1OCCOC(F)(F)F. The van der Waals surface area contributed by atoms with Crippen LogP contribution in [0.2, 0.25) is 0 Å². The van der Waals surface area contributed by atoms with E-state index in [9.17, 15) is 17.6 Å². The molecule has 1 aromatic carbocycles. The highest BCUT2D eigenvalue weighted by Gasteiger charge is 2.28. The fourth-order valence-corrected chi connectivity index (χ4v) is 1.52. The second-order valence-electron chi connectivity index (χ2n) is 4.05. The van der Waals surface area contributed by atoms with Crippen LogP contribution in [-0.4, -0.2) is 25.6 Å². The Hall–Kier alpha value is -1.34. The molecule has 0 aliphatic heterocycles. The quantitative estimate of drug-likeness (QED) is 0.644. The predicted molar refractivity (Wildman–Crippen MR) is 61.3 cm³/mol. The van der Waals surface area contributed by atoms with Gasteiger partial charge in [0.25, 0.3) is 0 Å². The van der Waals surface area contributed by atoms with Crippen LogP contribution in [0.3, 0.4) is 0 Å². The van der Waals surface area contributed by atoms with Crippen molar-refractivity contribution in [3.63, 3.8) is 0 Å². The highest BCUT2D eigenvalue weighted by molar-refractivity contribution is 5.35. The Morgan fingerprint density at radius 1 is 1.26 bits per heavy atom. The molecule has 1 unspecified atom stereocenters. The Balaban J connectivity index is 2.61. The maximum Gasteiger partial charge on any atom is 0.522 e. The minimum atomic E-state index is -4.72. The maximum atomic E-state index is 13.5. The largest absolute Gasteiger partial charge is 0.522 e. The van der Waals surface area contributed by atoms with E-state index in [1.54, 1.807) is 13.0 Å². The summed E-state index contributed by atoms with van der Waals surface area (Å²) < 4.78 is 57.3. The molecule has 0 aliphatic carbocycles. The van der Waals surface area contributed by atoms with Crippen molar-refractivity contribution in [2.24, 2.45) is 5.73 Å². The van der Waals surface area contributed by atoms with Crippen molar-refractivity contribution < 1.29 is 27.0 Å². The Kier molecular flexibility index (Phi) is 5.56. The van der Waals surface area contributed by atoms with Crippen molar-refractivity contribution in [1.82, 2.24) is 0 Å². The van der Waals surface area contributed by atoms with Gasteiger partial charge in [-0.15, -0.1) is 13.2 Å². The fraction of sp³-hybridized carbons (Fsp3) is 0.500. The Morgan fingerprint density at radius 3 is 2.53 bits per heavy atom. The number of halogens is 4. The van der Waals surface area contributed by atoms with Gasteiger partial charge in [0, 0.05) is 6.04 Å². The van der Waals surface area contributed by atoms with Crippen LogP contribution in [0.1, 0.15) is 12.5 Å². The number of hydrogen-bond donors (Lipinski definition) is 1. The van der Waals surface area contributed by atoms with E-state index in [1.807, 2.05) is 0 Å². The van der Waals surface area contributed by atoms with Crippen LogP contribution in [-0.2, 0) is 11.2 Å². The number of rotatable bonds is 6. The monoisotopic (exact) mass is 281 g/mol. The zero-order chi connectivity index (χ0) is 14.5. The zero-order valence-electron chi connectivity index (χ0n) is 10.3. The molecule has 1 rings (SSSR count). The summed E-state index contributed by atoms with van der Waals surface area (Å²) in [6, 6.07) is 4.07. The molecule has 0 fully saturated rings. The number of nitrogens with two attached hydrogens (primary N) is 1. The lowest BCUT2D eigenvalue weighted by Gasteiger charge is -2.14. The number of para-hydroxylation sites is 1. The van der Waals surface area contributed by atoms with Gasteiger partial charge in [0.05, 0.1) is 6.61 Å². The molecule has 0 spiro atoms. The molecule has 0 saturated carbocycles. The topological polar surface area (TPSA) is 44.5 Å². The molecule has 0 aliphatic rings. The van der Waals surface area contributed by atoms with Crippen LogP contribution in [0.25, 0.3) is 0 Å². The summed E-state index contributed by atoms with van der Waals surface area (Å²) in [5, 5.41) is 0. The van der Waals surface area contributed by atoms with E-state index in [4.69, 9.17) is 10.5 Å². The molecule has 0 amide bonds. The third kappa shape index (κ3) is 5.89. The molecular formula is C12H15F4NO2. The number of ether oxygens (including phenoxy) is 2. The van der Waals surface area contributed by atoms with Crippen LogP contribution >= 0.6 is 0 Å². The summed E-state index contributed by atoms with van der Waals surface area (Å²) in [6.45, 7) is 0.642. The van der Waals surface area contributed by atoms with Crippen LogP contribution < -0.4 is 10.5 Å². The van der Waals surface area contributed by atoms with Crippen LogP contribution in [0.5, 0.6) is 5.75 Å². The second kappa shape index (κ2) is 6.72. The number of hydrogen-bond acceptors (Lipinski definition) is 3. The third-order valence-electron chi connectivity index (χ3n) is 2.19. The lowest BCUT2D eigenvalue weighted by atomic mass is 10.1. The van der Waals surface area contributed by atoms with Crippen molar-refractivity contribution in [3.8, 4) is 5.75 Å². The molecule has 7 heteroatoms. The average Bonchev–Trinajstić information content (AvgIpc) is 2.25. The van der Waals surface area contributed by atoms with E-state index in [1.165, 1.54) is 12.1 Å². The summed E-state index contributed by atoms with van der Waals surface area (Å²) in [4.78, 5) is 0. The van der Waals surface area contributed by atoms with Crippen LogP contribution in [0.4, 0.5) is 17.6 Å². The van der Waals surface area contributed by atoms with Gasteiger partial charge in [0.2, 0.25) is 0 Å². The van der Waals surface area contributed by atoms with E-state index in [0.29, 0.717) is 12.0 Å². The Labute approximate surface area is 108 Å². The van der Waals surface area contributed by atoms with E-state index >= 15 is 0 Å². The van der Waals surface area contributed by atoms with Crippen molar-refractivity contribution in [2.75, 3.05) is 13.2 Å². The van der Waals surface area contributed by atoms with E-state index < -0.39 is 25.4 Å². The standard InChI is InChI=1S/C12H15F4NO2/c1-8(17)7-9-3-2-4-10(13)11(9)18-5-6-19-12(14,15)16/h2-4,8H,5-7,17H2,1H3. The first kappa shape index (κ1) is 15.7. The highest BCUT2D eigenvalue weighted by Crippen LogP contribution is 2.24. The van der Waals surface area contributed by atoms with Gasteiger partial charge in [-0.2, -0.15) is 0 Å². The first-order valence-corrected chi connectivity index (χ1v) is 5.66. The molecular weight excluding hydrogens is 266 g/mol. The molecule has 1 aromatic rings. The smallest absolute Gasteiger partial charge is 0.488 e. The fourth-order valence-electron chi connectivity index (χ4n) is 1.52. The summed E-state index contributed by atoms with van der Waals surface area (Å²) in [6.07, 6.45) is -4.35. The molecule has 19 heavy (non-hydrogen) atoms. The van der Waals surface area contributed by atoms with Gasteiger partial charge >= 0.3 is 6.36 Å². The summed E-state index contributed by atoms with van der Waals surface area (Å²) >= 11 is 0. The average molecular weight is 281 g/mol. The number of benzene rings is 1. The molecule has 0 radical (unpaired) electrons. The van der Waals surface area contributed by atoms with Gasteiger partial charge in [0.1, 0.15) is 6.61 Å². The van der Waals surface area contributed by atoms with Gasteiger partial charge < -0.3 is 10.5 Å². The van der Waals surface area contributed by atoms with E-state index in [0.717, 1.165) is 0 Å². The number of alkyl halides is 3. The highest BCUT2D eigenvalue weighted by atomic mass is 19.4. The van der Waals surface area contributed by atoms with Gasteiger partial charge in [-0.1, -0.05) is 12.1 Å². The molecule has 108 valence electrons. The van der Waals surface area contributed by atoms with Crippen LogP contribution in [0, 0.1) is 5.82 Å². The lowest BCUT2D eigenvalue weighted by Crippen LogP contribution is -2.20. The first-order chi connectivity index (χ1) is 8.79. The lowest BCUT2D eigenvalue weighted by molar-refractivity contribution is -0.325. The van der Waals surface area contributed by atoms with Gasteiger partial charge in [-0.3, -0.25) is 4.74 Å². The summed E-state index contributed by atoms with van der Waals surface area (Å²) in [5.74, 6) is -0.712. The van der Waals surface area contributed by atoms with Crippen molar-refractivity contribution >= 4 is 0 Å². The van der Waals surface area contributed by atoms with Crippen molar-refractivity contribution in [1.29, 1.82) is 0 Å². The van der Waals surface area contributed by atoms with Crippen LogP contribution in [0.15, 0.2) is 18.2 Å². The third-order valence-corrected chi connectivity index (χ3v) is 2.19. The van der Waals surface area contributed by atoms with Gasteiger partial charge in [-0.25, -0.2) is 4.39 Å². The summed E-state index contributed by atoms with van der Waals surface area (Å²) in [7, 11) is 0. The van der Waals surface area contributed by atoms with Gasteiger partial charge in [-0.05, 0) is 25.0 Å². The normalized spacial score (nSPS) is 13.4. The molecule has 2 N–H and O–H groups in total. The molecule has 3 nitrogen and oxygen atoms in total. The Bertz CT molecular complexity index is 407. The molecule has 0 aromatic heterocycles. The minimum Gasteiger partial charge on any atom is -0.488 e. The molecule has 0 saturated heterocycles. The Morgan fingerprint density at radius 2 is 1.95 bits per heavy atom. The predicted octanol–water partition coefficient (Wildman–Crippen LogP) is 2.63. The molecule has 0 heterocycles. The van der Waals surface area contributed by atoms with E-state index in [-0.39, 0.29) is 11.8 Å². The van der Waals surface area contributed by atoms with Crippen molar-refractivity contribution in [3.05, 3.63) is 29.6 Å². The first-order valence-electron chi connectivity index (χ1n) is 5.66. The zero-order valence-corrected chi connectivity index (χ0v) is 10.3. The van der Waals surface area contributed by atoms with E-state index in [2.05, 4.69) is 4.74 Å². The molecule has 0 bridgehead atoms.